The molecule has 0 N–H and O–H groups in total. The molecule has 0 aromatic heterocycles. The Hall–Kier alpha value is -2.11. The van der Waals surface area contributed by atoms with Crippen molar-refractivity contribution in [2.75, 3.05) is 25.1 Å². The topological polar surface area (TPSA) is 72.7 Å². The second kappa shape index (κ2) is 10.9. The maximum atomic E-state index is 11.8. The zero-order chi connectivity index (χ0) is 20.6. The van der Waals surface area contributed by atoms with E-state index in [1.807, 2.05) is 19.1 Å². The molecule has 0 radical (unpaired) electrons. The molecule has 0 amide bonds. The van der Waals surface area contributed by atoms with Crippen LogP contribution in [0.2, 0.25) is 0 Å². The lowest BCUT2D eigenvalue weighted by Crippen LogP contribution is -2.31. The zero-order valence-electron chi connectivity index (χ0n) is 17.5. The highest BCUT2D eigenvalue weighted by molar-refractivity contribution is 5.71. The summed E-state index contributed by atoms with van der Waals surface area (Å²) in [6, 6.07) is 5.42. The number of methoxy groups -OCH3 is 1. The number of nitrogens with zero attached hydrogens (tertiary/aromatic N) is 2. The van der Waals surface area contributed by atoms with Crippen LogP contribution in [0.1, 0.15) is 65.4 Å². The van der Waals surface area contributed by atoms with Gasteiger partial charge >= 0.3 is 5.97 Å². The highest BCUT2D eigenvalue weighted by Crippen LogP contribution is 2.35. The summed E-state index contributed by atoms with van der Waals surface area (Å²) in [7, 11) is 1.37. The van der Waals surface area contributed by atoms with Crippen molar-refractivity contribution in [1.29, 1.82) is 0 Å². The quantitative estimate of drug-likeness (QED) is 0.302. The Morgan fingerprint density at radius 1 is 1.19 bits per heavy atom. The van der Waals surface area contributed by atoms with E-state index in [0.717, 1.165) is 31.5 Å². The Morgan fingerprint density at radius 3 is 2.22 bits per heavy atom. The van der Waals surface area contributed by atoms with Crippen LogP contribution in [0.15, 0.2) is 18.2 Å². The standard InChI is InChI=1S/C21H34N2O4/c1-7-8-17(12-21(24)27-6)18-9-10-19(20(11-18)23(25)26)22(13-15(2)3)14-16(4)5/h9-11,15-17H,7-8,12-14H2,1-6H3. The summed E-state index contributed by atoms with van der Waals surface area (Å²) in [5, 5.41) is 11.8. The van der Waals surface area contributed by atoms with E-state index in [1.54, 1.807) is 6.07 Å². The summed E-state index contributed by atoms with van der Waals surface area (Å²) >= 11 is 0. The van der Waals surface area contributed by atoms with Crippen LogP contribution >= 0.6 is 0 Å². The number of rotatable bonds is 11. The highest BCUT2D eigenvalue weighted by atomic mass is 16.6. The van der Waals surface area contributed by atoms with Crippen molar-refractivity contribution in [3.05, 3.63) is 33.9 Å². The fraction of sp³-hybridized carbons (Fsp3) is 0.667. The maximum Gasteiger partial charge on any atom is 0.306 e. The first-order valence-electron chi connectivity index (χ1n) is 9.79. The van der Waals surface area contributed by atoms with Gasteiger partial charge in [0.05, 0.1) is 18.5 Å². The lowest BCUT2D eigenvalue weighted by atomic mass is 9.90. The molecule has 0 bridgehead atoms. The smallest absolute Gasteiger partial charge is 0.306 e. The zero-order valence-corrected chi connectivity index (χ0v) is 17.5. The largest absolute Gasteiger partial charge is 0.469 e. The SMILES string of the molecule is CCCC(CC(=O)OC)c1ccc(N(CC(C)C)CC(C)C)c([N+](=O)[O-])c1. The third-order valence-corrected chi connectivity index (χ3v) is 4.46. The molecule has 0 heterocycles. The molecule has 27 heavy (non-hydrogen) atoms. The number of esters is 1. The molecule has 1 aromatic carbocycles. The van der Waals surface area contributed by atoms with Crippen LogP contribution in [0.25, 0.3) is 0 Å². The second-order valence-corrected chi connectivity index (χ2v) is 7.96. The van der Waals surface area contributed by atoms with E-state index in [-0.39, 0.29) is 28.9 Å². The molecule has 1 rings (SSSR count). The summed E-state index contributed by atoms with van der Waals surface area (Å²) in [5.74, 6) is 0.436. The minimum Gasteiger partial charge on any atom is -0.469 e. The summed E-state index contributed by atoms with van der Waals surface area (Å²) < 4.78 is 4.79. The third kappa shape index (κ3) is 7.19. The Kier molecular flexibility index (Phi) is 9.26. The molecular weight excluding hydrogens is 344 g/mol. The van der Waals surface area contributed by atoms with Crippen LogP contribution in [-0.2, 0) is 9.53 Å². The van der Waals surface area contributed by atoms with Crippen molar-refractivity contribution in [1.82, 2.24) is 0 Å². The first kappa shape index (κ1) is 22.9. The van der Waals surface area contributed by atoms with E-state index >= 15 is 0 Å². The van der Waals surface area contributed by atoms with E-state index in [1.165, 1.54) is 7.11 Å². The molecule has 1 atom stereocenters. The molecule has 6 nitrogen and oxygen atoms in total. The molecule has 0 saturated carbocycles. The number of nitro groups is 1. The fourth-order valence-corrected chi connectivity index (χ4v) is 3.38. The number of hydrogen-bond donors (Lipinski definition) is 0. The van der Waals surface area contributed by atoms with Gasteiger partial charge in [0, 0.05) is 19.2 Å². The Morgan fingerprint density at radius 2 is 1.78 bits per heavy atom. The number of benzene rings is 1. The van der Waals surface area contributed by atoms with Gasteiger partial charge in [-0.25, -0.2) is 0 Å². The van der Waals surface area contributed by atoms with Crippen LogP contribution in [0.3, 0.4) is 0 Å². The van der Waals surface area contributed by atoms with Crippen molar-refractivity contribution in [3.63, 3.8) is 0 Å². The summed E-state index contributed by atoms with van der Waals surface area (Å²) in [6.45, 7) is 12.0. The van der Waals surface area contributed by atoms with Gasteiger partial charge in [-0.2, -0.15) is 0 Å². The Balaban J connectivity index is 3.31. The van der Waals surface area contributed by atoms with Crippen molar-refractivity contribution in [2.45, 2.75) is 59.8 Å². The first-order valence-corrected chi connectivity index (χ1v) is 9.79. The van der Waals surface area contributed by atoms with Crippen LogP contribution < -0.4 is 4.90 Å². The third-order valence-electron chi connectivity index (χ3n) is 4.46. The molecule has 1 unspecified atom stereocenters. The van der Waals surface area contributed by atoms with Gasteiger partial charge < -0.3 is 9.64 Å². The minimum absolute atomic E-state index is 0.0705. The van der Waals surface area contributed by atoms with E-state index in [4.69, 9.17) is 4.74 Å². The lowest BCUT2D eigenvalue weighted by Gasteiger charge is -2.28. The minimum atomic E-state index is -0.312. The summed E-state index contributed by atoms with van der Waals surface area (Å²) in [4.78, 5) is 25.3. The van der Waals surface area contributed by atoms with Crippen LogP contribution in [0.4, 0.5) is 11.4 Å². The predicted octanol–water partition coefficient (Wildman–Crippen LogP) is 5.16. The molecule has 0 aliphatic carbocycles. The van der Waals surface area contributed by atoms with E-state index in [2.05, 4.69) is 32.6 Å². The first-order chi connectivity index (χ1) is 12.7. The molecule has 0 aliphatic rings. The Labute approximate surface area is 163 Å². The molecule has 0 spiro atoms. The van der Waals surface area contributed by atoms with Crippen LogP contribution in [0.5, 0.6) is 0 Å². The van der Waals surface area contributed by atoms with E-state index in [9.17, 15) is 14.9 Å². The van der Waals surface area contributed by atoms with Crippen LogP contribution in [-0.4, -0.2) is 31.1 Å². The van der Waals surface area contributed by atoms with Gasteiger partial charge in [-0.15, -0.1) is 0 Å². The van der Waals surface area contributed by atoms with Gasteiger partial charge in [-0.05, 0) is 35.8 Å². The maximum absolute atomic E-state index is 11.8. The summed E-state index contributed by atoms with van der Waals surface area (Å²) in [6.07, 6.45) is 1.92. The van der Waals surface area contributed by atoms with Gasteiger partial charge in [-0.1, -0.05) is 47.1 Å². The van der Waals surface area contributed by atoms with Gasteiger partial charge in [0.25, 0.3) is 5.69 Å². The highest BCUT2D eigenvalue weighted by Gasteiger charge is 2.24. The lowest BCUT2D eigenvalue weighted by molar-refractivity contribution is -0.384. The fourth-order valence-electron chi connectivity index (χ4n) is 3.38. The number of hydrogen-bond acceptors (Lipinski definition) is 5. The van der Waals surface area contributed by atoms with Gasteiger partial charge in [0.1, 0.15) is 5.69 Å². The van der Waals surface area contributed by atoms with Crippen molar-refractivity contribution in [2.24, 2.45) is 11.8 Å². The average molecular weight is 379 g/mol. The molecule has 6 heteroatoms. The van der Waals surface area contributed by atoms with Gasteiger partial charge in [0.2, 0.25) is 0 Å². The summed E-state index contributed by atoms with van der Waals surface area (Å²) in [5.41, 5.74) is 1.59. The number of anilines is 1. The van der Waals surface area contributed by atoms with Crippen molar-refractivity contribution < 1.29 is 14.5 Å². The van der Waals surface area contributed by atoms with Crippen molar-refractivity contribution in [3.8, 4) is 0 Å². The number of carbonyl (C=O) groups is 1. The molecule has 0 saturated heterocycles. The monoisotopic (exact) mass is 378 g/mol. The normalized spacial score (nSPS) is 12.3. The number of carbonyl (C=O) groups excluding carboxylic acids is 1. The molecule has 1 aromatic rings. The van der Waals surface area contributed by atoms with Crippen LogP contribution in [0, 0.1) is 22.0 Å². The molecule has 152 valence electrons. The average Bonchev–Trinajstić information content (AvgIpc) is 2.59. The van der Waals surface area contributed by atoms with E-state index in [0.29, 0.717) is 17.5 Å². The number of nitro benzene ring substituents is 1. The van der Waals surface area contributed by atoms with Crippen molar-refractivity contribution >= 4 is 17.3 Å². The predicted molar refractivity (Wildman–Crippen MR) is 109 cm³/mol. The Bertz CT molecular complexity index is 619. The van der Waals surface area contributed by atoms with Gasteiger partial charge in [-0.3, -0.25) is 14.9 Å². The molecule has 0 fully saturated rings. The number of ether oxygens (including phenoxy) is 1. The van der Waals surface area contributed by atoms with E-state index < -0.39 is 0 Å². The second-order valence-electron chi connectivity index (χ2n) is 7.96. The molecular formula is C21H34N2O4. The molecule has 0 aliphatic heterocycles. The van der Waals surface area contributed by atoms with Gasteiger partial charge in [0.15, 0.2) is 0 Å².